The number of carbonyl (C=O) groups is 1. The van der Waals surface area contributed by atoms with Gasteiger partial charge in [-0.25, -0.2) is 4.39 Å². The Morgan fingerprint density at radius 3 is 2.75 bits per heavy atom. The van der Waals surface area contributed by atoms with Crippen LogP contribution in [-0.2, 0) is 29.5 Å². The number of aryl methyl sites for hydroxylation is 1. The van der Waals surface area contributed by atoms with Crippen LogP contribution in [0.3, 0.4) is 0 Å². The molecule has 0 aliphatic carbocycles. The van der Waals surface area contributed by atoms with Crippen LogP contribution >= 0.6 is 0 Å². The molecule has 3 aromatic rings. The first-order chi connectivity index (χ1) is 15.5. The van der Waals surface area contributed by atoms with E-state index < -0.39 is 0 Å². The van der Waals surface area contributed by atoms with Gasteiger partial charge in [-0.15, -0.1) is 0 Å². The lowest BCUT2D eigenvalue weighted by Crippen LogP contribution is -2.35. The molecular weight excluding hydrogens is 411 g/mol. The molecule has 1 N–H and O–H groups in total. The van der Waals surface area contributed by atoms with E-state index in [1.54, 1.807) is 23.9 Å². The first-order valence-corrected chi connectivity index (χ1v) is 11.0. The summed E-state index contributed by atoms with van der Waals surface area (Å²) in [6, 6.07) is 5.35. The minimum atomic E-state index is -0.361. The van der Waals surface area contributed by atoms with E-state index >= 15 is 4.39 Å². The number of aromatic nitrogens is 4. The van der Waals surface area contributed by atoms with E-state index in [0.29, 0.717) is 37.8 Å². The van der Waals surface area contributed by atoms with Crippen LogP contribution in [0, 0.1) is 5.82 Å². The first-order valence-electron chi connectivity index (χ1n) is 11.0. The molecule has 0 bridgehead atoms. The van der Waals surface area contributed by atoms with Crippen molar-refractivity contribution >= 4 is 17.4 Å². The highest BCUT2D eigenvalue weighted by Gasteiger charge is 2.30. The van der Waals surface area contributed by atoms with E-state index in [2.05, 4.69) is 15.1 Å². The van der Waals surface area contributed by atoms with Crippen LogP contribution in [0.2, 0.25) is 0 Å². The Morgan fingerprint density at radius 2 is 2.06 bits per heavy atom. The highest BCUT2D eigenvalue weighted by molar-refractivity contribution is 5.74. The van der Waals surface area contributed by atoms with Crippen molar-refractivity contribution in [2.45, 2.75) is 38.8 Å². The summed E-state index contributed by atoms with van der Waals surface area (Å²) >= 11 is 0. The lowest BCUT2D eigenvalue weighted by atomic mass is 10.0. The van der Waals surface area contributed by atoms with Crippen molar-refractivity contribution < 1.29 is 13.9 Å². The van der Waals surface area contributed by atoms with Crippen molar-refractivity contribution in [1.82, 2.24) is 24.5 Å². The van der Waals surface area contributed by atoms with E-state index in [1.807, 2.05) is 24.2 Å². The molecule has 0 radical (unpaired) electrons. The Balaban J connectivity index is 1.47. The molecule has 168 valence electrons. The van der Waals surface area contributed by atoms with Crippen molar-refractivity contribution in [2.24, 2.45) is 7.05 Å². The van der Waals surface area contributed by atoms with Crippen LogP contribution < -0.4 is 5.32 Å². The number of rotatable bonds is 4. The summed E-state index contributed by atoms with van der Waals surface area (Å²) in [4.78, 5) is 13.8. The van der Waals surface area contributed by atoms with E-state index in [9.17, 15) is 4.79 Å². The molecule has 32 heavy (non-hydrogen) atoms. The second-order valence-corrected chi connectivity index (χ2v) is 8.47. The zero-order valence-electron chi connectivity index (χ0n) is 18.3. The molecule has 2 aromatic heterocycles. The molecule has 1 fully saturated rings. The molecule has 2 aliphatic rings. The Hall–Kier alpha value is -3.20. The highest BCUT2D eigenvalue weighted by Crippen LogP contribution is 2.34. The summed E-state index contributed by atoms with van der Waals surface area (Å²) in [5.41, 5.74) is 4.07. The smallest absolute Gasteiger partial charge is 0.219 e. The van der Waals surface area contributed by atoms with E-state index in [4.69, 9.17) is 9.84 Å². The number of nitrogens with one attached hydrogen (secondary N) is 1. The monoisotopic (exact) mass is 438 g/mol. The van der Waals surface area contributed by atoms with Crippen molar-refractivity contribution in [3.63, 3.8) is 0 Å². The molecule has 0 saturated carbocycles. The molecule has 9 heteroatoms. The minimum absolute atomic E-state index is 0.0346. The topological polar surface area (TPSA) is 77.2 Å². The maximum absolute atomic E-state index is 15.0. The number of halogens is 1. The van der Waals surface area contributed by atoms with Gasteiger partial charge in [0.25, 0.3) is 0 Å². The molecule has 2 aliphatic heterocycles. The number of amides is 1. The van der Waals surface area contributed by atoms with Crippen LogP contribution in [0.1, 0.15) is 37.1 Å². The Kier molecular flexibility index (Phi) is 5.42. The highest BCUT2D eigenvalue weighted by atomic mass is 19.1. The largest absolute Gasteiger partial charge is 0.381 e. The lowest BCUT2D eigenvalue weighted by Gasteiger charge is -2.29. The van der Waals surface area contributed by atoms with Gasteiger partial charge < -0.3 is 15.0 Å². The Morgan fingerprint density at radius 1 is 1.25 bits per heavy atom. The summed E-state index contributed by atoms with van der Waals surface area (Å²) in [5.74, 6) is 0.290. The third kappa shape index (κ3) is 3.88. The maximum atomic E-state index is 15.0. The average molecular weight is 439 g/mol. The van der Waals surface area contributed by atoms with Gasteiger partial charge in [-0.05, 0) is 30.5 Å². The summed E-state index contributed by atoms with van der Waals surface area (Å²) in [6.07, 6.45) is 6.11. The number of fused-ring (bicyclic) bond motifs is 1. The van der Waals surface area contributed by atoms with Crippen molar-refractivity contribution in [3.8, 4) is 11.1 Å². The van der Waals surface area contributed by atoms with Gasteiger partial charge in [0, 0.05) is 63.2 Å². The van der Waals surface area contributed by atoms with Gasteiger partial charge in [-0.2, -0.15) is 10.2 Å². The van der Waals surface area contributed by atoms with Crippen LogP contribution in [-0.4, -0.2) is 50.1 Å². The second-order valence-electron chi connectivity index (χ2n) is 8.47. The Bertz CT molecular complexity index is 1150. The number of ether oxygens (including phenoxy) is 1. The van der Waals surface area contributed by atoms with Crippen LogP contribution in [0.5, 0.6) is 0 Å². The molecule has 1 aromatic carbocycles. The van der Waals surface area contributed by atoms with Gasteiger partial charge >= 0.3 is 0 Å². The van der Waals surface area contributed by atoms with Crippen molar-refractivity contribution in [1.29, 1.82) is 0 Å². The van der Waals surface area contributed by atoms with Gasteiger partial charge in [0.05, 0.1) is 24.5 Å². The fraction of sp³-hybridized carbons (Fsp3) is 0.435. The lowest BCUT2D eigenvalue weighted by molar-refractivity contribution is -0.129. The predicted molar refractivity (Wildman–Crippen MR) is 118 cm³/mol. The molecule has 5 rings (SSSR count). The van der Waals surface area contributed by atoms with E-state index in [1.165, 1.54) is 6.07 Å². The number of nitrogens with zero attached hydrogens (tertiary/aromatic N) is 5. The molecule has 0 atom stereocenters. The maximum Gasteiger partial charge on any atom is 0.219 e. The summed E-state index contributed by atoms with van der Waals surface area (Å²) in [6.45, 7) is 4.16. The van der Waals surface area contributed by atoms with Crippen LogP contribution in [0.4, 0.5) is 15.9 Å². The molecule has 0 spiro atoms. The molecule has 4 heterocycles. The summed E-state index contributed by atoms with van der Waals surface area (Å²) in [7, 11) is 1.83. The number of carbonyl (C=O) groups excluding carboxylic acids is 1. The number of anilines is 2. The number of hydrogen-bond acceptors (Lipinski definition) is 5. The van der Waals surface area contributed by atoms with Crippen molar-refractivity contribution in [2.75, 3.05) is 25.1 Å². The van der Waals surface area contributed by atoms with Gasteiger partial charge in [0.2, 0.25) is 5.91 Å². The standard InChI is InChI=1S/C23H27FN6O2/c1-15(31)29-8-5-22-19(14-29)23(27-30(22)18-6-9-32-10-7-18)26-21-4-3-16(11-20(21)24)17-12-25-28(2)13-17/h3-4,11-13,18H,5-10,14H2,1-2H3,(H,26,27). The third-order valence-corrected chi connectivity index (χ3v) is 6.33. The molecule has 1 amide bonds. The van der Waals surface area contributed by atoms with Gasteiger partial charge in [-0.1, -0.05) is 6.07 Å². The fourth-order valence-electron chi connectivity index (χ4n) is 4.54. The summed E-state index contributed by atoms with van der Waals surface area (Å²) < 4.78 is 24.3. The quantitative estimate of drug-likeness (QED) is 0.676. The second kappa shape index (κ2) is 8.38. The SMILES string of the molecule is CC(=O)N1CCc2c(c(Nc3ccc(-c4cnn(C)c4)cc3F)nn2C2CCOCC2)C1. The number of hydrogen-bond donors (Lipinski definition) is 1. The zero-order valence-corrected chi connectivity index (χ0v) is 18.3. The Labute approximate surface area is 186 Å². The first kappa shape index (κ1) is 20.7. The molecule has 0 unspecified atom stereocenters. The molecular formula is C23H27FN6O2. The van der Waals surface area contributed by atoms with Crippen LogP contribution in [0.15, 0.2) is 30.6 Å². The predicted octanol–water partition coefficient (Wildman–Crippen LogP) is 3.42. The molecule has 1 saturated heterocycles. The van der Waals surface area contributed by atoms with Crippen molar-refractivity contribution in [3.05, 3.63) is 47.7 Å². The normalized spacial score (nSPS) is 16.8. The third-order valence-electron chi connectivity index (χ3n) is 6.33. The van der Waals surface area contributed by atoms with Gasteiger partial charge in [0.1, 0.15) is 5.82 Å². The van der Waals surface area contributed by atoms with Crippen LogP contribution in [0.25, 0.3) is 11.1 Å². The zero-order chi connectivity index (χ0) is 22.2. The minimum Gasteiger partial charge on any atom is -0.381 e. The molecule has 8 nitrogen and oxygen atoms in total. The summed E-state index contributed by atoms with van der Waals surface area (Å²) in [5, 5.41) is 12.2. The number of benzene rings is 1. The fourth-order valence-corrected chi connectivity index (χ4v) is 4.54. The van der Waals surface area contributed by atoms with Gasteiger partial charge in [-0.3, -0.25) is 14.2 Å². The van der Waals surface area contributed by atoms with E-state index in [-0.39, 0.29) is 17.8 Å². The van der Waals surface area contributed by atoms with E-state index in [0.717, 1.165) is 41.6 Å². The average Bonchev–Trinajstić information content (AvgIpc) is 3.39. The van der Waals surface area contributed by atoms with Gasteiger partial charge in [0.15, 0.2) is 5.82 Å².